The highest BCUT2D eigenvalue weighted by molar-refractivity contribution is 5.85. The molecule has 0 aromatic heterocycles. The maximum atomic E-state index is 12.6. The average molecular weight is 450 g/mol. The van der Waals surface area contributed by atoms with Crippen LogP contribution in [0.4, 0.5) is 5.69 Å². The summed E-state index contributed by atoms with van der Waals surface area (Å²) in [5, 5.41) is 12.5. The Morgan fingerprint density at radius 2 is 1.28 bits per heavy atom. The first-order chi connectivity index (χ1) is 15.6. The van der Waals surface area contributed by atoms with E-state index in [-0.39, 0.29) is 12.2 Å². The molecular formula is C26H43NO5. The van der Waals surface area contributed by atoms with E-state index in [4.69, 9.17) is 9.47 Å². The van der Waals surface area contributed by atoms with Crippen LogP contribution in [0.2, 0.25) is 0 Å². The molecule has 0 aliphatic rings. The summed E-state index contributed by atoms with van der Waals surface area (Å²) in [5.74, 6) is -0.731. The Bertz CT molecular complexity index is 617. The fraction of sp³-hybridized carbons (Fsp3) is 0.692. The number of carbonyl (C=O) groups excluding carboxylic acids is 2. The Labute approximate surface area is 194 Å². The highest BCUT2D eigenvalue weighted by Crippen LogP contribution is 2.17. The quantitative estimate of drug-likeness (QED) is 0.145. The Morgan fingerprint density at radius 1 is 0.781 bits per heavy atom. The first-order valence-electron chi connectivity index (χ1n) is 12.4. The van der Waals surface area contributed by atoms with Gasteiger partial charge in [-0.25, -0.2) is 4.79 Å². The van der Waals surface area contributed by atoms with E-state index in [0.717, 1.165) is 38.5 Å². The minimum absolute atomic E-state index is 0.0912. The number of phenolic OH excluding ortho intramolecular Hbond substituents is 1. The van der Waals surface area contributed by atoms with Crippen molar-refractivity contribution in [1.29, 1.82) is 0 Å². The lowest BCUT2D eigenvalue weighted by Gasteiger charge is -2.18. The van der Waals surface area contributed by atoms with Crippen LogP contribution in [0.1, 0.15) is 97.3 Å². The summed E-state index contributed by atoms with van der Waals surface area (Å²) in [6.45, 7) is 5.10. The predicted octanol–water partition coefficient (Wildman–Crippen LogP) is 6.37. The van der Waals surface area contributed by atoms with E-state index in [0.29, 0.717) is 18.9 Å². The third kappa shape index (κ3) is 13.9. The highest BCUT2D eigenvalue weighted by atomic mass is 16.5. The minimum Gasteiger partial charge on any atom is -0.508 e. The van der Waals surface area contributed by atoms with Crippen molar-refractivity contribution >= 4 is 17.6 Å². The zero-order valence-corrected chi connectivity index (χ0v) is 20.1. The number of anilines is 1. The molecule has 1 aromatic rings. The molecule has 32 heavy (non-hydrogen) atoms. The van der Waals surface area contributed by atoms with Crippen LogP contribution < -0.4 is 5.32 Å². The summed E-state index contributed by atoms with van der Waals surface area (Å²) in [6.07, 6.45) is 13.3. The van der Waals surface area contributed by atoms with Crippen molar-refractivity contribution in [2.24, 2.45) is 0 Å². The number of nitrogens with one attached hydrogen (secondary N) is 1. The Kier molecular flexibility index (Phi) is 15.9. The van der Waals surface area contributed by atoms with Crippen LogP contribution in [0.25, 0.3) is 0 Å². The molecular weight excluding hydrogens is 406 g/mol. The van der Waals surface area contributed by atoms with Gasteiger partial charge in [-0.05, 0) is 37.1 Å². The van der Waals surface area contributed by atoms with Gasteiger partial charge in [-0.1, -0.05) is 78.1 Å². The second-order valence-corrected chi connectivity index (χ2v) is 8.37. The molecule has 1 unspecified atom stereocenters. The number of phenols is 1. The second kappa shape index (κ2) is 18.3. The van der Waals surface area contributed by atoms with Gasteiger partial charge in [0.1, 0.15) is 11.8 Å². The molecule has 6 heteroatoms. The van der Waals surface area contributed by atoms with E-state index in [2.05, 4.69) is 19.2 Å². The molecule has 1 rings (SSSR count). The molecule has 0 aliphatic carbocycles. The van der Waals surface area contributed by atoms with Gasteiger partial charge in [-0.2, -0.15) is 0 Å². The van der Waals surface area contributed by atoms with Gasteiger partial charge in [0.25, 0.3) is 0 Å². The predicted molar refractivity (Wildman–Crippen MR) is 129 cm³/mol. The number of esters is 2. The largest absolute Gasteiger partial charge is 0.508 e. The first-order valence-corrected chi connectivity index (χ1v) is 12.4. The standard InChI is InChI=1S/C26H43NO5/c1-3-5-7-9-11-13-19-31-25(29)21-24(27-22-15-17-23(28)18-16-22)26(30)32-20-14-12-10-8-6-4-2/h15-18,24,27-28H,3-14,19-21H2,1-2H3. The number of unbranched alkanes of at least 4 members (excludes halogenated alkanes) is 10. The minimum atomic E-state index is -0.823. The number of hydrogen-bond acceptors (Lipinski definition) is 6. The third-order valence-corrected chi connectivity index (χ3v) is 5.37. The zero-order chi connectivity index (χ0) is 23.4. The van der Waals surface area contributed by atoms with Crippen molar-refractivity contribution in [1.82, 2.24) is 0 Å². The van der Waals surface area contributed by atoms with Gasteiger partial charge >= 0.3 is 11.9 Å². The van der Waals surface area contributed by atoms with Crippen LogP contribution >= 0.6 is 0 Å². The van der Waals surface area contributed by atoms with Crippen LogP contribution in [0.5, 0.6) is 5.75 Å². The van der Waals surface area contributed by atoms with Crippen molar-refractivity contribution in [3.05, 3.63) is 24.3 Å². The van der Waals surface area contributed by atoms with Crippen LogP contribution in [0, 0.1) is 0 Å². The van der Waals surface area contributed by atoms with Crippen molar-refractivity contribution in [2.45, 2.75) is 103 Å². The topological polar surface area (TPSA) is 84.9 Å². The molecule has 0 bridgehead atoms. The molecule has 0 amide bonds. The van der Waals surface area contributed by atoms with E-state index in [1.807, 2.05) is 0 Å². The molecule has 0 spiro atoms. The van der Waals surface area contributed by atoms with Gasteiger partial charge < -0.3 is 19.9 Å². The van der Waals surface area contributed by atoms with Crippen molar-refractivity contribution in [3.8, 4) is 5.75 Å². The fourth-order valence-corrected chi connectivity index (χ4v) is 3.40. The van der Waals surface area contributed by atoms with Crippen molar-refractivity contribution < 1.29 is 24.2 Å². The highest BCUT2D eigenvalue weighted by Gasteiger charge is 2.24. The third-order valence-electron chi connectivity index (χ3n) is 5.37. The smallest absolute Gasteiger partial charge is 0.329 e. The molecule has 0 radical (unpaired) electrons. The van der Waals surface area contributed by atoms with Crippen LogP contribution in [0.15, 0.2) is 24.3 Å². The molecule has 2 N–H and O–H groups in total. The number of benzene rings is 1. The lowest BCUT2D eigenvalue weighted by molar-refractivity contribution is -0.151. The summed E-state index contributed by atoms with van der Waals surface area (Å²) in [5.41, 5.74) is 0.632. The van der Waals surface area contributed by atoms with E-state index < -0.39 is 18.0 Å². The second-order valence-electron chi connectivity index (χ2n) is 8.37. The molecule has 6 nitrogen and oxygen atoms in total. The first kappa shape index (κ1) is 27.8. The Balaban J connectivity index is 2.44. The van der Waals surface area contributed by atoms with E-state index in [1.54, 1.807) is 12.1 Å². The van der Waals surface area contributed by atoms with Gasteiger partial charge in [0, 0.05) is 5.69 Å². The number of aromatic hydroxyl groups is 1. The number of rotatable bonds is 19. The lowest BCUT2D eigenvalue weighted by Crippen LogP contribution is -2.34. The average Bonchev–Trinajstić information content (AvgIpc) is 2.78. The zero-order valence-electron chi connectivity index (χ0n) is 20.1. The monoisotopic (exact) mass is 449 g/mol. The Hall–Kier alpha value is -2.24. The van der Waals surface area contributed by atoms with Gasteiger partial charge in [0.2, 0.25) is 0 Å². The molecule has 1 atom stereocenters. The molecule has 0 fully saturated rings. The SMILES string of the molecule is CCCCCCCCOC(=O)CC(Nc1ccc(O)cc1)C(=O)OCCCCCCCC. The Morgan fingerprint density at radius 3 is 1.84 bits per heavy atom. The number of ether oxygens (including phenoxy) is 2. The van der Waals surface area contributed by atoms with Gasteiger partial charge in [0.15, 0.2) is 0 Å². The normalized spacial score (nSPS) is 11.7. The molecule has 0 saturated heterocycles. The van der Waals surface area contributed by atoms with E-state index in [9.17, 15) is 14.7 Å². The van der Waals surface area contributed by atoms with Gasteiger partial charge in [-0.3, -0.25) is 4.79 Å². The molecule has 0 saturated carbocycles. The van der Waals surface area contributed by atoms with E-state index >= 15 is 0 Å². The maximum absolute atomic E-state index is 12.6. The summed E-state index contributed by atoms with van der Waals surface area (Å²) >= 11 is 0. The molecule has 0 aliphatic heterocycles. The summed E-state index contributed by atoms with van der Waals surface area (Å²) in [4.78, 5) is 24.9. The number of carbonyl (C=O) groups is 2. The van der Waals surface area contributed by atoms with Crippen LogP contribution in [0.3, 0.4) is 0 Å². The summed E-state index contributed by atoms with van der Waals surface area (Å²) < 4.78 is 10.8. The van der Waals surface area contributed by atoms with Gasteiger partial charge in [0.05, 0.1) is 19.6 Å². The van der Waals surface area contributed by atoms with Crippen LogP contribution in [-0.4, -0.2) is 36.3 Å². The lowest BCUT2D eigenvalue weighted by atomic mass is 10.1. The van der Waals surface area contributed by atoms with Crippen molar-refractivity contribution in [3.63, 3.8) is 0 Å². The maximum Gasteiger partial charge on any atom is 0.329 e. The fourth-order valence-electron chi connectivity index (χ4n) is 3.40. The summed E-state index contributed by atoms with van der Waals surface area (Å²) in [6, 6.07) is 5.54. The van der Waals surface area contributed by atoms with Crippen LogP contribution in [-0.2, 0) is 19.1 Å². The van der Waals surface area contributed by atoms with E-state index in [1.165, 1.54) is 50.7 Å². The molecule has 182 valence electrons. The molecule has 1 aromatic carbocycles. The molecule has 0 heterocycles. The number of hydrogen-bond donors (Lipinski definition) is 2. The van der Waals surface area contributed by atoms with Gasteiger partial charge in [-0.15, -0.1) is 0 Å². The van der Waals surface area contributed by atoms with Crippen molar-refractivity contribution in [2.75, 3.05) is 18.5 Å². The summed E-state index contributed by atoms with van der Waals surface area (Å²) in [7, 11) is 0.